The zero-order valence-corrected chi connectivity index (χ0v) is 8.55. The standard InChI is InChI=1S/C9H21NO2/c1-8(2)5-10-6-9(3,11)7-12-4/h8,10-11H,5-7H2,1-4H3. The Kier molecular flexibility index (Phi) is 5.46. The molecule has 74 valence electrons. The molecular formula is C9H21NO2. The first-order valence-electron chi connectivity index (χ1n) is 4.40. The summed E-state index contributed by atoms with van der Waals surface area (Å²) in [6.07, 6.45) is 0. The fourth-order valence-corrected chi connectivity index (χ4v) is 0.992. The van der Waals surface area contributed by atoms with Crippen molar-refractivity contribution in [1.82, 2.24) is 5.32 Å². The second kappa shape index (κ2) is 5.51. The summed E-state index contributed by atoms with van der Waals surface area (Å²) in [4.78, 5) is 0. The molecule has 0 fully saturated rings. The minimum atomic E-state index is -0.746. The second-order valence-corrected chi connectivity index (χ2v) is 3.95. The van der Waals surface area contributed by atoms with Gasteiger partial charge >= 0.3 is 0 Å². The largest absolute Gasteiger partial charge is 0.386 e. The molecular weight excluding hydrogens is 154 g/mol. The van der Waals surface area contributed by atoms with Crippen molar-refractivity contribution < 1.29 is 9.84 Å². The Bertz CT molecular complexity index is 113. The maximum atomic E-state index is 9.64. The van der Waals surface area contributed by atoms with Crippen molar-refractivity contribution >= 4 is 0 Å². The van der Waals surface area contributed by atoms with Crippen molar-refractivity contribution in [2.24, 2.45) is 5.92 Å². The maximum Gasteiger partial charge on any atom is 0.0975 e. The third-order valence-electron chi connectivity index (χ3n) is 1.51. The molecule has 1 unspecified atom stereocenters. The van der Waals surface area contributed by atoms with Gasteiger partial charge in [-0.3, -0.25) is 0 Å². The van der Waals surface area contributed by atoms with Crippen molar-refractivity contribution in [1.29, 1.82) is 0 Å². The summed E-state index contributed by atoms with van der Waals surface area (Å²) >= 11 is 0. The van der Waals surface area contributed by atoms with Crippen LogP contribution >= 0.6 is 0 Å². The Balaban J connectivity index is 3.46. The van der Waals surface area contributed by atoms with Crippen LogP contribution in [0.5, 0.6) is 0 Å². The number of hydrogen-bond acceptors (Lipinski definition) is 3. The first kappa shape index (κ1) is 11.9. The molecule has 0 saturated heterocycles. The van der Waals surface area contributed by atoms with Crippen LogP contribution in [0.3, 0.4) is 0 Å². The number of aliphatic hydroxyl groups is 1. The predicted molar refractivity (Wildman–Crippen MR) is 50.2 cm³/mol. The van der Waals surface area contributed by atoms with Crippen LogP contribution in [0.1, 0.15) is 20.8 Å². The van der Waals surface area contributed by atoms with Crippen molar-refractivity contribution in [3.63, 3.8) is 0 Å². The van der Waals surface area contributed by atoms with E-state index in [1.54, 1.807) is 14.0 Å². The molecule has 0 aliphatic rings. The number of rotatable bonds is 6. The summed E-state index contributed by atoms with van der Waals surface area (Å²) < 4.78 is 4.87. The van der Waals surface area contributed by atoms with Crippen LogP contribution in [0.25, 0.3) is 0 Å². The predicted octanol–water partition coefficient (Wildman–Crippen LogP) is 0.629. The fraction of sp³-hybridized carbons (Fsp3) is 1.00. The molecule has 0 saturated carbocycles. The van der Waals surface area contributed by atoms with Gasteiger partial charge in [-0.25, -0.2) is 0 Å². The van der Waals surface area contributed by atoms with E-state index in [1.165, 1.54) is 0 Å². The molecule has 0 aromatic carbocycles. The summed E-state index contributed by atoms with van der Waals surface area (Å²) in [7, 11) is 1.59. The van der Waals surface area contributed by atoms with Crippen LogP contribution in [-0.4, -0.2) is 37.5 Å². The smallest absolute Gasteiger partial charge is 0.0975 e. The second-order valence-electron chi connectivity index (χ2n) is 3.95. The highest BCUT2D eigenvalue weighted by atomic mass is 16.5. The van der Waals surface area contributed by atoms with Crippen molar-refractivity contribution in [2.45, 2.75) is 26.4 Å². The van der Waals surface area contributed by atoms with E-state index >= 15 is 0 Å². The summed E-state index contributed by atoms with van der Waals surface area (Å²) in [6.45, 7) is 7.93. The van der Waals surface area contributed by atoms with Gasteiger partial charge in [-0.05, 0) is 19.4 Å². The van der Waals surface area contributed by atoms with E-state index in [9.17, 15) is 5.11 Å². The lowest BCUT2D eigenvalue weighted by Crippen LogP contribution is -2.42. The summed E-state index contributed by atoms with van der Waals surface area (Å²) in [5.41, 5.74) is -0.746. The van der Waals surface area contributed by atoms with Crippen LogP contribution < -0.4 is 5.32 Å². The Labute approximate surface area is 75.1 Å². The summed E-state index contributed by atoms with van der Waals surface area (Å²) in [6, 6.07) is 0. The third kappa shape index (κ3) is 6.58. The van der Waals surface area contributed by atoms with E-state index in [0.717, 1.165) is 6.54 Å². The van der Waals surface area contributed by atoms with Gasteiger partial charge in [-0.2, -0.15) is 0 Å². The molecule has 0 aliphatic carbocycles. The monoisotopic (exact) mass is 175 g/mol. The topological polar surface area (TPSA) is 41.5 Å². The lowest BCUT2D eigenvalue weighted by Gasteiger charge is -2.23. The first-order valence-corrected chi connectivity index (χ1v) is 4.40. The molecule has 3 nitrogen and oxygen atoms in total. The molecule has 0 aliphatic heterocycles. The molecule has 0 aromatic heterocycles. The van der Waals surface area contributed by atoms with Crippen LogP contribution in [0.15, 0.2) is 0 Å². The summed E-state index contributed by atoms with van der Waals surface area (Å²) in [5, 5.41) is 12.8. The van der Waals surface area contributed by atoms with Crippen LogP contribution in [0.4, 0.5) is 0 Å². The minimum Gasteiger partial charge on any atom is -0.386 e. The van der Waals surface area contributed by atoms with E-state index in [2.05, 4.69) is 19.2 Å². The Hall–Kier alpha value is -0.120. The molecule has 1 atom stereocenters. The van der Waals surface area contributed by atoms with Crippen molar-refractivity contribution in [3.8, 4) is 0 Å². The van der Waals surface area contributed by atoms with E-state index in [-0.39, 0.29) is 0 Å². The van der Waals surface area contributed by atoms with E-state index in [0.29, 0.717) is 19.1 Å². The lowest BCUT2D eigenvalue weighted by molar-refractivity contribution is -0.0157. The molecule has 0 heterocycles. The number of methoxy groups -OCH3 is 1. The molecule has 0 rings (SSSR count). The SMILES string of the molecule is COCC(C)(O)CNCC(C)C. The Morgan fingerprint density at radius 3 is 2.50 bits per heavy atom. The Morgan fingerprint density at radius 1 is 1.50 bits per heavy atom. The van der Waals surface area contributed by atoms with Gasteiger partial charge in [0.15, 0.2) is 0 Å². The molecule has 0 bridgehead atoms. The molecule has 0 spiro atoms. The van der Waals surface area contributed by atoms with Gasteiger partial charge in [-0.1, -0.05) is 13.8 Å². The first-order chi connectivity index (χ1) is 5.48. The van der Waals surface area contributed by atoms with E-state index in [4.69, 9.17) is 4.74 Å². The number of hydrogen-bond donors (Lipinski definition) is 2. The van der Waals surface area contributed by atoms with E-state index in [1.807, 2.05) is 0 Å². The normalized spacial score (nSPS) is 16.5. The fourth-order valence-electron chi connectivity index (χ4n) is 0.992. The van der Waals surface area contributed by atoms with Crippen molar-refractivity contribution in [2.75, 3.05) is 26.8 Å². The highest BCUT2D eigenvalue weighted by Crippen LogP contribution is 2.01. The summed E-state index contributed by atoms with van der Waals surface area (Å²) in [5.74, 6) is 0.614. The highest BCUT2D eigenvalue weighted by Gasteiger charge is 2.19. The average Bonchev–Trinajstić information content (AvgIpc) is 1.85. The number of nitrogens with one attached hydrogen (secondary N) is 1. The van der Waals surface area contributed by atoms with Gasteiger partial charge in [0, 0.05) is 13.7 Å². The molecule has 3 heteroatoms. The molecule has 12 heavy (non-hydrogen) atoms. The van der Waals surface area contributed by atoms with Crippen LogP contribution in [0.2, 0.25) is 0 Å². The lowest BCUT2D eigenvalue weighted by atomic mass is 10.1. The van der Waals surface area contributed by atoms with E-state index < -0.39 is 5.60 Å². The Morgan fingerprint density at radius 2 is 2.08 bits per heavy atom. The van der Waals surface area contributed by atoms with Gasteiger partial charge in [-0.15, -0.1) is 0 Å². The zero-order chi connectivity index (χ0) is 9.61. The average molecular weight is 175 g/mol. The van der Waals surface area contributed by atoms with Gasteiger partial charge in [0.1, 0.15) is 0 Å². The highest BCUT2D eigenvalue weighted by molar-refractivity contribution is 4.74. The van der Waals surface area contributed by atoms with Gasteiger partial charge < -0.3 is 15.2 Å². The van der Waals surface area contributed by atoms with Crippen LogP contribution in [-0.2, 0) is 4.74 Å². The molecule has 0 amide bonds. The van der Waals surface area contributed by atoms with Gasteiger partial charge in [0.2, 0.25) is 0 Å². The minimum absolute atomic E-state index is 0.373. The molecule has 2 N–H and O–H groups in total. The zero-order valence-electron chi connectivity index (χ0n) is 8.55. The molecule has 0 aromatic rings. The maximum absolute atomic E-state index is 9.64. The molecule has 0 radical (unpaired) electrons. The van der Waals surface area contributed by atoms with Crippen molar-refractivity contribution in [3.05, 3.63) is 0 Å². The van der Waals surface area contributed by atoms with Gasteiger partial charge in [0.25, 0.3) is 0 Å². The quantitative estimate of drug-likeness (QED) is 0.622. The third-order valence-corrected chi connectivity index (χ3v) is 1.51. The number of ether oxygens (including phenoxy) is 1. The van der Waals surface area contributed by atoms with Crippen LogP contribution in [0, 0.1) is 5.92 Å². The van der Waals surface area contributed by atoms with Gasteiger partial charge in [0.05, 0.1) is 12.2 Å².